The van der Waals surface area contributed by atoms with Crippen molar-refractivity contribution in [2.24, 2.45) is 5.92 Å². The SMILES string of the molecule is Cc1c(C2CC2)ccc(OCC2CC2)c1OC(F)(F)F. The van der Waals surface area contributed by atoms with Crippen molar-refractivity contribution in [3.05, 3.63) is 23.3 Å². The Bertz CT molecular complexity index is 503. The van der Waals surface area contributed by atoms with Gasteiger partial charge in [0.1, 0.15) is 0 Å². The van der Waals surface area contributed by atoms with Gasteiger partial charge in [0.25, 0.3) is 0 Å². The van der Waals surface area contributed by atoms with E-state index < -0.39 is 6.36 Å². The fourth-order valence-corrected chi connectivity index (χ4v) is 2.37. The number of rotatable bonds is 5. The van der Waals surface area contributed by atoms with Crippen LogP contribution in [-0.2, 0) is 0 Å². The van der Waals surface area contributed by atoms with Gasteiger partial charge in [0, 0.05) is 0 Å². The summed E-state index contributed by atoms with van der Waals surface area (Å²) in [5, 5.41) is 0. The maximum absolute atomic E-state index is 12.6. The van der Waals surface area contributed by atoms with Gasteiger partial charge in [-0.25, -0.2) is 0 Å². The molecule has 0 aliphatic heterocycles. The summed E-state index contributed by atoms with van der Waals surface area (Å²) >= 11 is 0. The van der Waals surface area contributed by atoms with Gasteiger partial charge < -0.3 is 9.47 Å². The molecule has 0 atom stereocenters. The molecular weight excluding hydrogens is 269 g/mol. The lowest BCUT2D eigenvalue weighted by Gasteiger charge is -2.18. The van der Waals surface area contributed by atoms with Crippen LogP contribution in [0.2, 0.25) is 0 Å². The molecule has 0 spiro atoms. The largest absolute Gasteiger partial charge is 0.573 e. The number of ether oxygens (including phenoxy) is 2. The lowest BCUT2D eigenvalue weighted by atomic mass is 10.0. The molecule has 20 heavy (non-hydrogen) atoms. The van der Waals surface area contributed by atoms with Crippen LogP contribution in [0.25, 0.3) is 0 Å². The van der Waals surface area contributed by atoms with Crippen LogP contribution in [0.5, 0.6) is 11.5 Å². The second-order valence-electron chi connectivity index (χ2n) is 5.68. The van der Waals surface area contributed by atoms with E-state index in [0.717, 1.165) is 31.2 Å². The number of hydrogen-bond acceptors (Lipinski definition) is 2. The predicted octanol–water partition coefficient (Wildman–Crippen LogP) is 4.56. The molecule has 0 heterocycles. The van der Waals surface area contributed by atoms with Crippen molar-refractivity contribution in [1.29, 1.82) is 0 Å². The topological polar surface area (TPSA) is 18.5 Å². The van der Waals surface area contributed by atoms with Gasteiger partial charge in [0.2, 0.25) is 0 Å². The van der Waals surface area contributed by atoms with E-state index >= 15 is 0 Å². The van der Waals surface area contributed by atoms with E-state index in [1.807, 2.05) is 6.07 Å². The minimum absolute atomic E-state index is 0.164. The van der Waals surface area contributed by atoms with E-state index in [-0.39, 0.29) is 11.5 Å². The first-order chi connectivity index (χ1) is 9.44. The molecule has 0 radical (unpaired) electrons. The first-order valence-corrected chi connectivity index (χ1v) is 6.96. The average Bonchev–Trinajstić information content (AvgIpc) is 3.22. The molecule has 0 amide bonds. The third-order valence-corrected chi connectivity index (χ3v) is 3.82. The number of alkyl halides is 3. The summed E-state index contributed by atoms with van der Waals surface area (Å²) < 4.78 is 47.5. The van der Waals surface area contributed by atoms with E-state index in [2.05, 4.69) is 4.74 Å². The summed E-state index contributed by atoms with van der Waals surface area (Å²) in [4.78, 5) is 0. The van der Waals surface area contributed by atoms with Crippen molar-refractivity contribution in [2.75, 3.05) is 6.61 Å². The third-order valence-electron chi connectivity index (χ3n) is 3.82. The molecule has 2 nitrogen and oxygen atoms in total. The van der Waals surface area contributed by atoms with E-state index in [0.29, 0.717) is 24.0 Å². The van der Waals surface area contributed by atoms with Crippen LogP contribution in [0.4, 0.5) is 13.2 Å². The Kier molecular flexibility index (Phi) is 3.30. The average molecular weight is 286 g/mol. The van der Waals surface area contributed by atoms with Crippen molar-refractivity contribution < 1.29 is 22.6 Å². The van der Waals surface area contributed by atoms with Crippen molar-refractivity contribution >= 4 is 0 Å². The third kappa shape index (κ3) is 3.19. The number of hydrogen-bond donors (Lipinski definition) is 0. The molecule has 2 fully saturated rings. The molecule has 0 aromatic heterocycles. The molecular formula is C15H17F3O2. The summed E-state index contributed by atoms with van der Waals surface area (Å²) in [5.41, 5.74) is 1.50. The lowest BCUT2D eigenvalue weighted by molar-refractivity contribution is -0.275. The van der Waals surface area contributed by atoms with Gasteiger partial charge >= 0.3 is 6.36 Å². The predicted molar refractivity (Wildman–Crippen MR) is 68.1 cm³/mol. The molecule has 0 N–H and O–H groups in total. The highest BCUT2D eigenvalue weighted by Crippen LogP contribution is 2.47. The van der Waals surface area contributed by atoms with E-state index in [9.17, 15) is 13.2 Å². The van der Waals surface area contributed by atoms with Crippen molar-refractivity contribution in [3.63, 3.8) is 0 Å². The lowest BCUT2D eigenvalue weighted by Crippen LogP contribution is -2.19. The first-order valence-electron chi connectivity index (χ1n) is 6.96. The Morgan fingerprint density at radius 3 is 2.40 bits per heavy atom. The Labute approximate surface area is 115 Å². The van der Waals surface area contributed by atoms with Gasteiger partial charge in [0.15, 0.2) is 11.5 Å². The summed E-state index contributed by atoms with van der Waals surface area (Å²) in [5.74, 6) is 0.902. The Morgan fingerprint density at radius 1 is 1.15 bits per heavy atom. The van der Waals surface area contributed by atoms with Gasteiger partial charge in [-0.05, 0) is 61.6 Å². The van der Waals surface area contributed by atoms with Crippen LogP contribution in [0.3, 0.4) is 0 Å². The molecule has 0 saturated heterocycles. The highest BCUT2D eigenvalue weighted by molar-refractivity contribution is 5.52. The van der Waals surface area contributed by atoms with Gasteiger partial charge in [-0.3, -0.25) is 0 Å². The second kappa shape index (κ2) is 4.86. The van der Waals surface area contributed by atoms with Crippen LogP contribution in [-0.4, -0.2) is 13.0 Å². The van der Waals surface area contributed by atoms with Gasteiger partial charge in [-0.1, -0.05) is 6.07 Å². The summed E-state index contributed by atoms with van der Waals surface area (Å²) in [6.07, 6.45) is -0.434. The minimum atomic E-state index is -4.69. The first kappa shape index (κ1) is 13.6. The Morgan fingerprint density at radius 2 is 1.85 bits per heavy atom. The molecule has 0 unspecified atom stereocenters. The molecule has 2 aliphatic carbocycles. The van der Waals surface area contributed by atoms with E-state index in [4.69, 9.17) is 4.74 Å². The quantitative estimate of drug-likeness (QED) is 0.790. The van der Waals surface area contributed by atoms with E-state index in [1.54, 1.807) is 13.0 Å². The summed E-state index contributed by atoms with van der Waals surface area (Å²) in [7, 11) is 0. The van der Waals surface area contributed by atoms with Crippen LogP contribution in [0.15, 0.2) is 12.1 Å². The summed E-state index contributed by atoms with van der Waals surface area (Å²) in [6, 6.07) is 3.49. The fraction of sp³-hybridized carbons (Fsp3) is 0.600. The molecule has 3 rings (SSSR count). The standard InChI is InChI=1S/C15H17F3O2/c1-9-12(11-4-5-11)6-7-13(19-8-10-2-3-10)14(9)20-15(16,17)18/h6-7,10-11H,2-5,8H2,1H3. The monoisotopic (exact) mass is 286 g/mol. The smallest absolute Gasteiger partial charge is 0.489 e. The molecule has 1 aromatic rings. The van der Waals surface area contributed by atoms with E-state index in [1.165, 1.54) is 0 Å². The zero-order valence-electron chi connectivity index (χ0n) is 11.3. The second-order valence-corrected chi connectivity index (χ2v) is 5.68. The molecule has 0 bridgehead atoms. The molecule has 5 heteroatoms. The van der Waals surface area contributed by atoms with Gasteiger partial charge in [0.05, 0.1) is 6.61 Å². The maximum atomic E-state index is 12.6. The van der Waals surface area contributed by atoms with Crippen LogP contribution in [0.1, 0.15) is 42.7 Å². The number of benzene rings is 1. The summed E-state index contributed by atoms with van der Waals surface area (Å²) in [6.45, 7) is 2.15. The van der Waals surface area contributed by atoms with Crippen LogP contribution < -0.4 is 9.47 Å². The Hall–Kier alpha value is -1.39. The molecule has 1 aromatic carbocycles. The van der Waals surface area contributed by atoms with Gasteiger partial charge in [-0.2, -0.15) is 0 Å². The number of halogens is 3. The van der Waals surface area contributed by atoms with Crippen LogP contribution >= 0.6 is 0 Å². The van der Waals surface area contributed by atoms with Gasteiger partial charge in [-0.15, -0.1) is 13.2 Å². The van der Waals surface area contributed by atoms with Crippen molar-refractivity contribution in [1.82, 2.24) is 0 Å². The normalized spacial score (nSPS) is 19.0. The van der Waals surface area contributed by atoms with Crippen molar-refractivity contribution in [2.45, 2.75) is 44.9 Å². The molecule has 2 aliphatic rings. The van der Waals surface area contributed by atoms with Crippen molar-refractivity contribution in [3.8, 4) is 11.5 Å². The zero-order valence-corrected chi connectivity index (χ0v) is 11.3. The van der Waals surface area contributed by atoms with Crippen LogP contribution in [0, 0.1) is 12.8 Å². The highest BCUT2D eigenvalue weighted by Gasteiger charge is 2.35. The fourth-order valence-electron chi connectivity index (χ4n) is 2.37. The maximum Gasteiger partial charge on any atom is 0.573 e. The molecule has 2 saturated carbocycles. The highest BCUT2D eigenvalue weighted by atomic mass is 19.4. The zero-order chi connectivity index (χ0) is 14.3. The molecule has 110 valence electrons. The minimum Gasteiger partial charge on any atom is -0.489 e. The Balaban J connectivity index is 1.87.